The highest BCUT2D eigenvalue weighted by molar-refractivity contribution is 9.09. The lowest BCUT2D eigenvalue weighted by molar-refractivity contribution is 0.101. The molecular weight excluding hydrogens is 208 g/mol. The lowest BCUT2D eigenvalue weighted by Crippen LogP contribution is -2.04. The van der Waals surface area contributed by atoms with Gasteiger partial charge in [0.15, 0.2) is 5.78 Å². The Bertz CT molecular complexity index is 275. The summed E-state index contributed by atoms with van der Waals surface area (Å²) in [7, 11) is 0. The van der Waals surface area contributed by atoms with Gasteiger partial charge >= 0.3 is 0 Å². The molecule has 0 bridgehead atoms. The molecule has 0 atom stereocenters. The zero-order chi connectivity index (χ0) is 8.27. The molecule has 0 aliphatic carbocycles. The summed E-state index contributed by atoms with van der Waals surface area (Å²) in [5.74, 6) is 0.314. The smallest absolute Gasteiger partial charge is 0.191 e. The Labute approximate surface area is 72.7 Å². The van der Waals surface area contributed by atoms with Gasteiger partial charge in [-0.1, -0.05) is 22.0 Å². The third-order valence-electron chi connectivity index (χ3n) is 1.18. The average molecular weight is 215 g/mol. The van der Waals surface area contributed by atoms with Crippen molar-refractivity contribution in [2.45, 2.75) is 0 Å². The minimum absolute atomic E-state index is 0.0581. The highest BCUT2D eigenvalue weighted by Crippen LogP contribution is 2.02. The molecule has 0 aromatic carbocycles. The van der Waals surface area contributed by atoms with E-state index in [1.54, 1.807) is 18.2 Å². The number of hydrogen-bond donors (Lipinski definition) is 1. The number of pyridine rings is 1. The van der Waals surface area contributed by atoms with Crippen LogP contribution < -0.4 is 5.73 Å². The number of hydrogen-bond acceptors (Lipinski definition) is 3. The van der Waals surface area contributed by atoms with Gasteiger partial charge in [0.1, 0.15) is 11.5 Å². The van der Waals surface area contributed by atoms with Gasteiger partial charge in [-0.25, -0.2) is 4.98 Å². The van der Waals surface area contributed by atoms with Crippen molar-refractivity contribution >= 4 is 27.5 Å². The molecule has 2 N–H and O–H groups in total. The van der Waals surface area contributed by atoms with E-state index in [-0.39, 0.29) is 11.1 Å². The molecule has 1 rings (SSSR count). The maximum atomic E-state index is 11.0. The molecule has 0 amide bonds. The molecule has 0 fully saturated rings. The number of nitrogen functional groups attached to an aromatic ring is 1. The van der Waals surface area contributed by atoms with Gasteiger partial charge in [-0.05, 0) is 12.1 Å². The Kier molecular flexibility index (Phi) is 2.59. The Morgan fingerprint density at radius 1 is 1.64 bits per heavy atom. The number of aromatic nitrogens is 1. The first kappa shape index (κ1) is 8.20. The summed E-state index contributed by atoms with van der Waals surface area (Å²) in [5, 5.41) is 0.281. The van der Waals surface area contributed by atoms with Crippen LogP contribution in [0, 0.1) is 0 Å². The van der Waals surface area contributed by atoms with E-state index < -0.39 is 0 Å². The van der Waals surface area contributed by atoms with Gasteiger partial charge in [-0.2, -0.15) is 0 Å². The fourth-order valence-corrected chi connectivity index (χ4v) is 0.962. The van der Waals surface area contributed by atoms with Crippen LogP contribution in [0.25, 0.3) is 0 Å². The molecule has 0 unspecified atom stereocenters. The van der Waals surface area contributed by atoms with E-state index in [0.717, 1.165) is 0 Å². The van der Waals surface area contributed by atoms with Gasteiger partial charge in [-0.15, -0.1) is 0 Å². The fourth-order valence-electron chi connectivity index (χ4n) is 0.675. The number of nitrogens with two attached hydrogens (primary N) is 1. The summed E-state index contributed by atoms with van der Waals surface area (Å²) in [5.41, 5.74) is 5.78. The van der Waals surface area contributed by atoms with Crippen molar-refractivity contribution in [2.24, 2.45) is 0 Å². The lowest BCUT2D eigenvalue weighted by atomic mass is 10.3. The number of rotatable bonds is 2. The summed E-state index contributed by atoms with van der Waals surface area (Å²) in [6.45, 7) is 0. The van der Waals surface area contributed by atoms with Crippen LogP contribution in [0.4, 0.5) is 5.82 Å². The first-order valence-electron chi connectivity index (χ1n) is 3.05. The normalized spacial score (nSPS) is 9.55. The molecule has 0 aliphatic heterocycles. The van der Waals surface area contributed by atoms with Gasteiger partial charge in [0.25, 0.3) is 0 Å². The van der Waals surface area contributed by atoms with Gasteiger partial charge in [-0.3, -0.25) is 4.79 Å². The number of anilines is 1. The molecule has 4 heteroatoms. The summed E-state index contributed by atoms with van der Waals surface area (Å²) < 4.78 is 0. The molecule has 58 valence electrons. The van der Waals surface area contributed by atoms with Crippen LogP contribution in [0.3, 0.4) is 0 Å². The van der Waals surface area contributed by atoms with E-state index in [0.29, 0.717) is 11.5 Å². The van der Waals surface area contributed by atoms with Crippen molar-refractivity contribution in [1.82, 2.24) is 4.98 Å². The molecular formula is C7H7BrN2O. The maximum Gasteiger partial charge on any atom is 0.191 e. The number of alkyl halides is 1. The zero-order valence-corrected chi connectivity index (χ0v) is 7.34. The van der Waals surface area contributed by atoms with Crippen LogP contribution in [0.5, 0.6) is 0 Å². The molecule has 0 saturated carbocycles. The Hall–Kier alpha value is -0.900. The second-order valence-electron chi connectivity index (χ2n) is 2.00. The topological polar surface area (TPSA) is 56.0 Å². The summed E-state index contributed by atoms with van der Waals surface area (Å²) in [6.07, 6.45) is 0. The zero-order valence-electron chi connectivity index (χ0n) is 5.75. The van der Waals surface area contributed by atoms with E-state index in [1.807, 2.05) is 0 Å². The second kappa shape index (κ2) is 3.48. The third-order valence-corrected chi connectivity index (χ3v) is 1.69. The number of halogens is 1. The fraction of sp³-hybridized carbons (Fsp3) is 0.143. The van der Waals surface area contributed by atoms with Crippen LogP contribution in [0.15, 0.2) is 18.2 Å². The van der Waals surface area contributed by atoms with E-state index in [9.17, 15) is 4.79 Å². The predicted molar refractivity (Wildman–Crippen MR) is 46.8 cm³/mol. The molecule has 1 aromatic heterocycles. The number of nitrogens with zero attached hydrogens (tertiary/aromatic N) is 1. The second-order valence-corrected chi connectivity index (χ2v) is 2.57. The van der Waals surface area contributed by atoms with Gasteiger partial charge in [0.2, 0.25) is 0 Å². The average Bonchev–Trinajstić information content (AvgIpc) is 2.03. The molecule has 1 heterocycles. The summed E-state index contributed by atoms with van der Waals surface area (Å²) >= 11 is 3.05. The van der Waals surface area contributed by atoms with Crippen molar-refractivity contribution in [3.8, 4) is 0 Å². The number of Topliss-reactive ketones (excluding diaryl/α,β-unsaturated/α-hetero) is 1. The van der Waals surface area contributed by atoms with E-state index >= 15 is 0 Å². The Morgan fingerprint density at radius 2 is 2.36 bits per heavy atom. The largest absolute Gasteiger partial charge is 0.384 e. The molecule has 1 aromatic rings. The summed E-state index contributed by atoms with van der Waals surface area (Å²) in [4.78, 5) is 14.8. The lowest BCUT2D eigenvalue weighted by Gasteiger charge is -1.95. The van der Waals surface area contributed by atoms with Crippen molar-refractivity contribution < 1.29 is 4.79 Å². The summed E-state index contributed by atoms with van der Waals surface area (Å²) in [6, 6.07) is 4.99. The standard InChI is InChI=1S/C7H7BrN2O/c8-4-6(11)5-2-1-3-7(9)10-5/h1-3H,4H2,(H2,9,10). The van der Waals surface area contributed by atoms with Crippen molar-refractivity contribution in [2.75, 3.05) is 11.1 Å². The number of carbonyl (C=O) groups is 1. The predicted octanol–water partition coefficient (Wildman–Crippen LogP) is 1.24. The van der Waals surface area contributed by atoms with E-state index in [1.165, 1.54) is 0 Å². The molecule has 0 saturated heterocycles. The van der Waals surface area contributed by atoms with Crippen LogP contribution in [-0.2, 0) is 0 Å². The molecule has 11 heavy (non-hydrogen) atoms. The quantitative estimate of drug-likeness (QED) is 0.596. The monoisotopic (exact) mass is 214 g/mol. The van der Waals surface area contributed by atoms with Gasteiger partial charge < -0.3 is 5.73 Å². The minimum atomic E-state index is -0.0581. The molecule has 0 spiro atoms. The van der Waals surface area contributed by atoms with E-state index in [4.69, 9.17) is 5.73 Å². The Morgan fingerprint density at radius 3 is 2.91 bits per heavy atom. The van der Waals surface area contributed by atoms with E-state index in [2.05, 4.69) is 20.9 Å². The highest BCUT2D eigenvalue weighted by Gasteiger charge is 2.03. The van der Waals surface area contributed by atoms with Crippen molar-refractivity contribution in [3.63, 3.8) is 0 Å². The van der Waals surface area contributed by atoms with Crippen LogP contribution >= 0.6 is 15.9 Å². The molecule has 3 nitrogen and oxygen atoms in total. The first-order valence-corrected chi connectivity index (χ1v) is 4.18. The van der Waals surface area contributed by atoms with Gasteiger partial charge in [0.05, 0.1) is 5.33 Å². The minimum Gasteiger partial charge on any atom is -0.384 e. The third kappa shape index (κ3) is 2.01. The van der Waals surface area contributed by atoms with Crippen LogP contribution in [0.2, 0.25) is 0 Å². The molecule has 0 radical (unpaired) electrons. The van der Waals surface area contributed by atoms with Crippen LogP contribution in [-0.4, -0.2) is 16.1 Å². The van der Waals surface area contributed by atoms with Crippen molar-refractivity contribution in [3.05, 3.63) is 23.9 Å². The Balaban J connectivity index is 2.96. The van der Waals surface area contributed by atoms with Crippen molar-refractivity contribution in [1.29, 1.82) is 0 Å². The number of ketones is 1. The van der Waals surface area contributed by atoms with Crippen LogP contribution in [0.1, 0.15) is 10.5 Å². The highest BCUT2D eigenvalue weighted by atomic mass is 79.9. The maximum absolute atomic E-state index is 11.0. The van der Waals surface area contributed by atoms with Gasteiger partial charge in [0, 0.05) is 0 Å². The number of carbonyl (C=O) groups excluding carboxylic acids is 1. The molecule has 0 aliphatic rings. The first-order chi connectivity index (χ1) is 5.24. The SMILES string of the molecule is Nc1cccc(C(=O)CBr)n1.